The van der Waals surface area contributed by atoms with Gasteiger partial charge in [-0.1, -0.05) is 29.3 Å². The summed E-state index contributed by atoms with van der Waals surface area (Å²) in [4.78, 5) is 0. The van der Waals surface area contributed by atoms with Crippen LogP contribution in [0.4, 0.5) is 0 Å². The zero-order chi connectivity index (χ0) is 14.9. The molecular formula is C14H11BrCl2N2O. The Morgan fingerprint density at radius 2 is 1.85 bits per heavy atom. The van der Waals surface area contributed by atoms with Gasteiger partial charge in [0.1, 0.15) is 17.3 Å². The number of rotatable bonds is 3. The summed E-state index contributed by atoms with van der Waals surface area (Å²) in [5.41, 5.74) is 7.04. The van der Waals surface area contributed by atoms with Crippen LogP contribution in [0.3, 0.4) is 0 Å². The molecular weight excluding hydrogens is 363 g/mol. The number of aryl methyl sites for hydroxylation is 1. The van der Waals surface area contributed by atoms with Crippen molar-refractivity contribution >= 4 is 45.0 Å². The standard InChI is InChI=1S/C14H11BrCl2N2O/c1-7-2-3-8(14(18)19)12(4-7)20-13-6-10(16)9(15)5-11(13)17/h2-6H,1H3,(H3,18,19). The SMILES string of the molecule is Cc1ccc(C(=N)N)c(Oc2cc(Cl)c(Br)cc2Cl)c1. The molecule has 0 spiro atoms. The summed E-state index contributed by atoms with van der Waals surface area (Å²) in [6, 6.07) is 8.66. The highest BCUT2D eigenvalue weighted by atomic mass is 79.9. The Morgan fingerprint density at radius 1 is 1.15 bits per heavy atom. The van der Waals surface area contributed by atoms with E-state index >= 15 is 0 Å². The van der Waals surface area contributed by atoms with Crippen molar-refractivity contribution in [3.63, 3.8) is 0 Å². The van der Waals surface area contributed by atoms with Crippen LogP contribution in [0, 0.1) is 12.3 Å². The first kappa shape index (κ1) is 15.2. The van der Waals surface area contributed by atoms with E-state index in [1.54, 1.807) is 24.3 Å². The van der Waals surface area contributed by atoms with Gasteiger partial charge in [-0.15, -0.1) is 0 Å². The largest absolute Gasteiger partial charge is 0.455 e. The van der Waals surface area contributed by atoms with E-state index in [1.807, 2.05) is 13.0 Å². The fourth-order valence-corrected chi connectivity index (χ4v) is 2.47. The fraction of sp³-hybridized carbons (Fsp3) is 0.0714. The maximum absolute atomic E-state index is 7.57. The third kappa shape index (κ3) is 3.26. The van der Waals surface area contributed by atoms with E-state index in [0.717, 1.165) is 5.56 Å². The van der Waals surface area contributed by atoms with Gasteiger partial charge in [0.15, 0.2) is 0 Å². The van der Waals surface area contributed by atoms with E-state index < -0.39 is 0 Å². The van der Waals surface area contributed by atoms with Crippen molar-refractivity contribution in [3.05, 3.63) is 56.0 Å². The average Bonchev–Trinajstić information content (AvgIpc) is 2.35. The molecule has 0 bridgehead atoms. The summed E-state index contributed by atoms with van der Waals surface area (Å²) in [5, 5.41) is 8.48. The monoisotopic (exact) mass is 372 g/mol. The number of nitrogen functional groups attached to an aromatic ring is 1. The highest BCUT2D eigenvalue weighted by molar-refractivity contribution is 9.10. The van der Waals surface area contributed by atoms with Gasteiger partial charge in [-0.3, -0.25) is 5.41 Å². The maximum Gasteiger partial charge on any atom is 0.147 e. The summed E-state index contributed by atoms with van der Waals surface area (Å²) in [6.45, 7) is 1.92. The van der Waals surface area contributed by atoms with Crippen LogP contribution in [0.2, 0.25) is 10.0 Å². The van der Waals surface area contributed by atoms with Crippen molar-refractivity contribution in [1.82, 2.24) is 0 Å². The number of nitrogens with two attached hydrogens (primary N) is 1. The van der Waals surface area contributed by atoms with Crippen molar-refractivity contribution in [2.75, 3.05) is 0 Å². The molecule has 6 heteroatoms. The van der Waals surface area contributed by atoms with Crippen LogP contribution in [0.15, 0.2) is 34.8 Å². The van der Waals surface area contributed by atoms with E-state index in [-0.39, 0.29) is 5.84 Å². The Balaban J connectivity index is 2.47. The average molecular weight is 374 g/mol. The number of ether oxygens (including phenoxy) is 1. The molecule has 3 nitrogen and oxygen atoms in total. The van der Waals surface area contributed by atoms with Crippen molar-refractivity contribution in [2.45, 2.75) is 6.92 Å². The summed E-state index contributed by atoms with van der Waals surface area (Å²) in [5.74, 6) is 0.810. The third-order valence-electron chi connectivity index (χ3n) is 2.62. The molecule has 3 N–H and O–H groups in total. The second kappa shape index (κ2) is 6.04. The van der Waals surface area contributed by atoms with E-state index in [0.29, 0.717) is 31.6 Å². The highest BCUT2D eigenvalue weighted by Crippen LogP contribution is 2.37. The lowest BCUT2D eigenvalue weighted by Gasteiger charge is -2.13. The van der Waals surface area contributed by atoms with Crippen LogP contribution in [0.1, 0.15) is 11.1 Å². The number of hydrogen-bond donors (Lipinski definition) is 2. The minimum atomic E-state index is -0.0701. The van der Waals surface area contributed by atoms with Gasteiger partial charge in [0.25, 0.3) is 0 Å². The zero-order valence-electron chi connectivity index (χ0n) is 10.5. The van der Waals surface area contributed by atoms with E-state index in [4.69, 9.17) is 39.1 Å². The highest BCUT2D eigenvalue weighted by Gasteiger charge is 2.12. The molecule has 2 aromatic carbocycles. The number of hydrogen-bond acceptors (Lipinski definition) is 2. The van der Waals surface area contributed by atoms with E-state index in [2.05, 4.69) is 15.9 Å². The van der Waals surface area contributed by atoms with Gasteiger partial charge in [0.2, 0.25) is 0 Å². The van der Waals surface area contributed by atoms with E-state index in [9.17, 15) is 0 Å². The molecule has 20 heavy (non-hydrogen) atoms. The van der Waals surface area contributed by atoms with Gasteiger partial charge in [-0.2, -0.15) is 0 Å². The molecule has 0 saturated heterocycles. The van der Waals surface area contributed by atoms with Crippen LogP contribution >= 0.6 is 39.1 Å². The molecule has 0 atom stereocenters. The third-order valence-corrected chi connectivity index (χ3v) is 4.11. The number of halogens is 3. The molecule has 104 valence electrons. The summed E-state index contributed by atoms with van der Waals surface area (Å²) < 4.78 is 6.45. The lowest BCUT2D eigenvalue weighted by atomic mass is 10.1. The van der Waals surface area contributed by atoms with Crippen LogP contribution < -0.4 is 10.5 Å². The summed E-state index contributed by atoms with van der Waals surface area (Å²) >= 11 is 15.4. The molecule has 0 unspecified atom stereocenters. The lowest BCUT2D eigenvalue weighted by Crippen LogP contribution is -2.12. The van der Waals surface area contributed by atoms with Crippen molar-refractivity contribution in [2.24, 2.45) is 5.73 Å². The van der Waals surface area contributed by atoms with Crippen molar-refractivity contribution in [3.8, 4) is 11.5 Å². The topological polar surface area (TPSA) is 59.1 Å². The first-order chi connectivity index (χ1) is 9.38. The Hall–Kier alpha value is -1.23. The molecule has 0 aliphatic heterocycles. The first-order valence-electron chi connectivity index (χ1n) is 5.66. The predicted molar refractivity (Wildman–Crippen MR) is 86.4 cm³/mol. The zero-order valence-corrected chi connectivity index (χ0v) is 13.6. The Bertz CT molecular complexity index is 689. The normalized spacial score (nSPS) is 10.4. The molecule has 0 aliphatic carbocycles. The van der Waals surface area contributed by atoms with Crippen molar-refractivity contribution < 1.29 is 4.74 Å². The lowest BCUT2D eigenvalue weighted by molar-refractivity contribution is 0.481. The first-order valence-corrected chi connectivity index (χ1v) is 7.21. The summed E-state index contributed by atoms with van der Waals surface area (Å²) in [6.07, 6.45) is 0. The van der Waals surface area contributed by atoms with E-state index in [1.165, 1.54) is 0 Å². The second-order valence-electron chi connectivity index (χ2n) is 4.21. The molecule has 0 aliphatic rings. The molecule has 0 heterocycles. The van der Waals surface area contributed by atoms with Gasteiger partial charge < -0.3 is 10.5 Å². The number of benzene rings is 2. The second-order valence-corrected chi connectivity index (χ2v) is 5.88. The summed E-state index contributed by atoms with van der Waals surface area (Å²) in [7, 11) is 0. The van der Waals surface area contributed by atoms with Crippen LogP contribution in [-0.2, 0) is 0 Å². The Labute approximate surface area is 135 Å². The number of amidine groups is 1. The van der Waals surface area contributed by atoms with Gasteiger partial charge in [-0.05, 0) is 46.6 Å². The number of nitrogens with one attached hydrogen (secondary N) is 1. The smallest absolute Gasteiger partial charge is 0.147 e. The van der Waals surface area contributed by atoms with Crippen molar-refractivity contribution in [1.29, 1.82) is 5.41 Å². The molecule has 0 aromatic heterocycles. The van der Waals surface area contributed by atoms with Gasteiger partial charge in [0, 0.05) is 10.5 Å². The van der Waals surface area contributed by atoms with Gasteiger partial charge >= 0.3 is 0 Å². The predicted octanol–water partition coefficient (Wildman–Crippen LogP) is 5.14. The quantitative estimate of drug-likeness (QED) is 0.444. The minimum absolute atomic E-state index is 0.0701. The van der Waals surface area contributed by atoms with Crippen LogP contribution in [0.5, 0.6) is 11.5 Å². The molecule has 0 saturated carbocycles. The Kier molecular flexibility index (Phi) is 4.58. The van der Waals surface area contributed by atoms with Gasteiger partial charge in [0.05, 0.1) is 15.6 Å². The Morgan fingerprint density at radius 3 is 2.50 bits per heavy atom. The minimum Gasteiger partial charge on any atom is -0.455 e. The van der Waals surface area contributed by atoms with Crippen LogP contribution in [0.25, 0.3) is 0 Å². The molecule has 0 amide bonds. The van der Waals surface area contributed by atoms with Crippen LogP contribution in [-0.4, -0.2) is 5.84 Å². The molecule has 0 radical (unpaired) electrons. The van der Waals surface area contributed by atoms with Gasteiger partial charge in [-0.25, -0.2) is 0 Å². The maximum atomic E-state index is 7.57. The fourth-order valence-electron chi connectivity index (χ4n) is 1.64. The molecule has 2 aromatic rings. The molecule has 0 fully saturated rings. The molecule has 2 rings (SSSR count).